The molecule has 5 nitrogen and oxygen atoms in total. The molecule has 26 heavy (non-hydrogen) atoms. The Kier molecular flexibility index (Phi) is 4.41. The van der Waals surface area contributed by atoms with E-state index in [1.807, 2.05) is 0 Å². The predicted molar refractivity (Wildman–Crippen MR) is 97.9 cm³/mol. The summed E-state index contributed by atoms with van der Waals surface area (Å²) < 4.78 is 16.9. The predicted octanol–water partition coefficient (Wildman–Crippen LogP) is 3.25. The molecule has 0 aliphatic heterocycles. The summed E-state index contributed by atoms with van der Waals surface area (Å²) in [7, 11) is 0. The molecule has 1 aromatic carbocycles. The molecule has 6 heteroatoms. The van der Waals surface area contributed by atoms with Gasteiger partial charge in [-0.2, -0.15) is 0 Å². The van der Waals surface area contributed by atoms with Crippen LogP contribution in [-0.2, 0) is 6.54 Å². The van der Waals surface area contributed by atoms with Crippen molar-refractivity contribution in [1.29, 1.82) is 0 Å². The Bertz CT molecular complexity index is 1060. The van der Waals surface area contributed by atoms with Gasteiger partial charge in [-0.3, -0.25) is 13.9 Å². The number of fused-ring (bicyclic) bond motifs is 1. The Hall–Kier alpha value is -2.76. The van der Waals surface area contributed by atoms with Crippen molar-refractivity contribution in [2.75, 3.05) is 0 Å². The summed E-state index contributed by atoms with van der Waals surface area (Å²) in [5.74, 6) is -0.376. The maximum absolute atomic E-state index is 14.1. The molecule has 2 aromatic heterocycles. The minimum absolute atomic E-state index is 0.0476. The lowest BCUT2D eigenvalue weighted by atomic mass is 9.95. The van der Waals surface area contributed by atoms with Gasteiger partial charge in [-0.1, -0.05) is 37.5 Å². The normalized spacial score (nSPS) is 15.4. The number of aromatic nitrogens is 3. The van der Waals surface area contributed by atoms with E-state index in [0.29, 0.717) is 16.6 Å². The molecular weight excluding hydrogens is 333 g/mol. The van der Waals surface area contributed by atoms with Gasteiger partial charge in [-0.25, -0.2) is 14.2 Å². The molecule has 0 atom stereocenters. The van der Waals surface area contributed by atoms with Crippen molar-refractivity contribution in [2.45, 2.75) is 44.7 Å². The topological polar surface area (TPSA) is 56.9 Å². The number of rotatable bonds is 3. The Labute approximate surface area is 149 Å². The molecule has 0 spiro atoms. The maximum Gasteiger partial charge on any atom is 0.333 e. The van der Waals surface area contributed by atoms with Crippen molar-refractivity contribution < 1.29 is 4.39 Å². The zero-order valence-electron chi connectivity index (χ0n) is 14.4. The monoisotopic (exact) mass is 353 g/mol. The molecule has 134 valence electrons. The van der Waals surface area contributed by atoms with Gasteiger partial charge in [0.15, 0.2) is 0 Å². The van der Waals surface area contributed by atoms with E-state index in [-0.39, 0.29) is 24.0 Å². The Balaban J connectivity index is 1.95. The summed E-state index contributed by atoms with van der Waals surface area (Å²) in [5.41, 5.74) is -0.000606. The van der Waals surface area contributed by atoms with Gasteiger partial charge in [-0.05, 0) is 31.0 Å². The summed E-state index contributed by atoms with van der Waals surface area (Å²) in [6, 6.07) is 9.63. The van der Waals surface area contributed by atoms with Gasteiger partial charge in [0, 0.05) is 17.8 Å². The average Bonchev–Trinajstić information content (AvgIpc) is 2.67. The van der Waals surface area contributed by atoms with Crippen LogP contribution in [0.2, 0.25) is 0 Å². The number of hydrogen-bond donors (Lipinski definition) is 0. The highest BCUT2D eigenvalue weighted by atomic mass is 19.1. The summed E-state index contributed by atoms with van der Waals surface area (Å²) >= 11 is 0. The third kappa shape index (κ3) is 2.85. The molecule has 0 amide bonds. The van der Waals surface area contributed by atoms with E-state index in [2.05, 4.69) is 4.98 Å². The van der Waals surface area contributed by atoms with Gasteiger partial charge in [0.05, 0.1) is 11.9 Å². The summed E-state index contributed by atoms with van der Waals surface area (Å²) in [4.78, 5) is 30.4. The van der Waals surface area contributed by atoms with Crippen LogP contribution in [0.4, 0.5) is 4.39 Å². The van der Waals surface area contributed by atoms with Crippen molar-refractivity contribution >= 4 is 11.0 Å². The fourth-order valence-electron chi connectivity index (χ4n) is 3.82. The van der Waals surface area contributed by atoms with Crippen molar-refractivity contribution in [3.05, 3.63) is 74.8 Å². The second-order valence-electron chi connectivity index (χ2n) is 6.80. The highest BCUT2D eigenvalue weighted by Crippen LogP contribution is 2.26. The molecule has 0 unspecified atom stereocenters. The van der Waals surface area contributed by atoms with Crippen LogP contribution in [0.5, 0.6) is 0 Å². The fourth-order valence-corrected chi connectivity index (χ4v) is 3.82. The molecule has 4 rings (SSSR count). The lowest BCUT2D eigenvalue weighted by Crippen LogP contribution is -2.43. The SMILES string of the molecule is O=c1c2cccnc2n(Cc2ccccc2F)c(=O)n1C1CCCCC1. The average molecular weight is 353 g/mol. The minimum atomic E-state index is -0.406. The van der Waals surface area contributed by atoms with E-state index in [1.165, 1.54) is 15.2 Å². The van der Waals surface area contributed by atoms with E-state index < -0.39 is 5.69 Å². The quantitative estimate of drug-likeness (QED) is 0.726. The fraction of sp³-hybridized carbons (Fsp3) is 0.350. The van der Waals surface area contributed by atoms with Crippen molar-refractivity contribution in [3.8, 4) is 0 Å². The van der Waals surface area contributed by atoms with Crippen LogP contribution < -0.4 is 11.2 Å². The van der Waals surface area contributed by atoms with Gasteiger partial charge in [0.2, 0.25) is 0 Å². The maximum atomic E-state index is 14.1. The first-order valence-corrected chi connectivity index (χ1v) is 9.00. The lowest BCUT2D eigenvalue weighted by molar-refractivity contribution is 0.332. The Morgan fingerprint density at radius 1 is 1.04 bits per heavy atom. The van der Waals surface area contributed by atoms with Crippen LogP contribution >= 0.6 is 0 Å². The Morgan fingerprint density at radius 3 is 2.58 bits per heavy atom. The van der Waals surface area contributed by atoms with E-state index >= 15 is 0 Å². The number of benzene rings is 1. The van der Waals surface area contributed by atoms with Crippen LogP contribution in [-0.4, -0.2) is 14.1 Å². The van der Waals surface area contributed by atoms with Gasteiger partial charge >= 0.3 is 5.69 Å². The molecule has 0 N–H and O–H groups in total. The first kappa shape index (κ1) is 16.7. The van der Waals surface area contributed by atoms with Crippen LogP contribution in [0.15, 0.2) is 52.2 Å². The number of halogens is 1. The van der Waals surface area contributed by atoms with Crippen LogP contribution in [0.3, 0.4) is 0 Å². The summed E-state index contributed by atoms with van der Waals surface area (Å²) in [6.07, 6.45) is 6.33. The van der Waals surface area contributed by atoms with E-state index in [4.69, 9.17) is 0 Å². The van der Waals surface area contributed by atoms with Gasteiger partial charge in [0.1, 0.15) is 11.5 Å². The smallest absolute Gasteiger partial charge is 0.273 e. The highest BCUT2D eigenvalue weighted by molar-refractivity contribution is 5.73. The zero-order chi connectivity index (χ0) is 18.1. The molecule has 0 bridgehead atoms. The molecule has 1 aliphatic carbocycles. The van der Waals surface area contributed by atoms with Gasteiger partial charge < -0.3 is 0 Å². The minimum Gasteiger partial charge on any atom is -0.273 e. The van der Waals surface area contributed by atoms with Crippen LogP contribution in [0.1, 0.15) is 43.7 Å². The third-order valence-corrected chi connectivity index (χ3v) is 5.15. The molecule has 1 saturated carbocycles. The molecule has 0 saturated heterocycles. The lowest BCUT2D eigenvalue weighted by Gasteiger charge is -2.24. The molecule has 1 fully saturated rings. The zero-order valence-corrected chi connectivity index (χ0v) is 14.4. The number of hydrogen-bond acceptors (Lipinski definition) is 3. The highest BCUT2D eigenvalue weighted by Gasteiger charge is 2.23. The van der Waals surface area contributed by atoms with Crippen LogP contribution in [0.25, 0.3) is 11.0 Å². The van der Waals surface area contributed by atoms with Crippen molar-refractivity contribution in [2.24, 2.45) is 0 Å². The van der Waals surface area contributed by atoms with Gasteiger partial charge in [0.25, 0.3) is 5.56 Å². The molecule has 1 aliphatic rings. The first-order chi connectivity index (χ1) is 12.7. The van der Waals surface area contributed by atoms with E-state index in [0.717, 1.165) is 32.1 Å². The van der Waals surface area contributed by atoms with Crippen molar-refractivity contribution in [1.82, 2.24) is 14.1 Å². The molecular formula is C20H20FN3O2. The number of pyridine rings is 1. The summed E-state index contributed by atoms with van der Waals surface area (Å²) in [6.45, 7) is 0.0476. The Morgan fingerprint density at radius 2 is 1.81 bits per heavy atom. The number of nitrogens with zero attached hydrogens (tertiary/aromatic N) is 3. The van der Waals surface area contributed by atoms with E-state index in [9.17, 15) is 14.0 Å². The second-order valence-corrected chi connectivity index (χ2v) is 6.80. The molecule has 2 heterocycles. The molecule has 0 radical (unpaired) electrons. The third-order valence-electron chi connectivity index (χ3n) is 5.15. The van der Waals surface area contributed by atoms with Crippen LogP contribution in [0, 0.1) is 5.82 Å². The van der Waals surface area contributed by atoms with Crippen molar-refractivity contribution in [3.63, 3.8) is 0 Å². The second kappa shape index (κ2) is 6.86. The largest absolute Gasteiger partial charge is 0.333 e. The summed E-state index contributed by atoms with van der Waals surface area (Å²) in [5, 5.41) is 0.397. The van der Waals surface area contributed by atoms with Gasteiger partial charge in [-0.15, -0.1) is 0 Å². The molecule has 3 aromatic rings. The standard InChI is InChI=1S/C20H20FN3O2/c21-17-11-5-4-7-14(17)13-23-18-16(10-6-12-22-18)19(25)24(20(23)26)15-8-2-1-3-9-15/h4-7,10-12,15H,1-3,8-9,13H2. The first-order valence-electron chi connectivity index (χ1n) is 9.00. The van der Waals surface area contributed by atoms with E-state index in [1.54, 1.807) is 36.5 Å².